The third-order valence-corrected chi connectivity index (χ3v) is 5.23. The predicted octanol–water partition coefficient (Wildman–Crippen LogP) is 4.15. The molecule has 1 unspecified atom stereocenters. The van der Waals surface area contributed by atoms with Gasteiger partial charge in [0.15, 0.2) is 0 Å². The summed E-state index contributed by atoms with van der Waals surface area (Å²) in [5.41, 5.74) is 11.4. The molecule has 0 aromatic heterocycles. The summed E-state index contributed by atoms with van der Waals surface area (Å²) in [5, 5.41) is 0. The summed E-state index contributed by atoms with van der Waals surface area (Å²) >= 11 is 0. The number of hydrogen-bond donors (Lipinski definition) is 1. The maximum absolute atomic E-state index is 6.57. The quantitative estimate of drug-likeness (QED) is 0.830. The monoisotopic (exact) mass is 243 g/mol. The number of nitrogens with two attached hydrogens (primary N) is 1. The van der Waals surface area contributed by atoms with E-state index in [1.54, 1.807) is 11.1 Å². The van der Waals surface area contributed by atoms with Gasteiger partial charge in [0.2, 0.25) is 0 Å². The Morgan fingerprint density at radius 3 is 2.39 bits per heavy atom. The molecule has 1 heteroatoms. The van der Waals surface area contributed by atoms with Crippen LogP contribution in [0.1, 0.15) is 68.2 Å². The molecule has 0 heterocycles. The molecule has 2 aliphatic carbocycles. The maximum atomic E-state index is 6.57. The summed E-state index contributed by atoms with van der Waals surface area (Å²) in [7, 11) is 0. The Kier molecular flexibility index (Phi) is 3.19. The van der Waals surface area contributed by atoms with Gasteiger partial charge in [0, 0.05) is 6.04 Å². The Morgan fingerprint density at radius 1 is 1.00 bits per heavy atom. The van der Waals surface area contributed by atoms with Crippen molar-refractivity contribution in [1.29, 1.82) is 0 Å². The van der Waals surface area contributed by atoms with Crippen LogP contribution in [0.25, 0.3) is 0 Å². The molecular weight excluding hydrogens is 218 g/mol. The van der Waals surface area contributed by atoms with Crippen molar-refractivity contribution >= 4 is 0 Å². The van der Waals surface area contributed by atoms with Crippen molar-refractivity contribution < 1.29 is 0 Å². The molecule has 2 aliphatic rings. The molecule has 1 aromatic rings. The normalized spacial score (nSPS) is 23.7. The first-order valence-electron chi connectivity index (χ1n) is 7.56. The van der Waals surface area contributed by atoms with Gasteiger partial charge in [-0.15, -0.1) is 0 Å². The first kappa shape index (κ1) is 12.2. The van der Waals surface area contributed by atoms with Crippen LogP contribution in [0, 0.1) is 5.41 Å². The predicted molar refractivity (Wildman–Crippen MR) is 76.6 cm³/mol. The SMILES string of the molecule is CC1(C(N)c2ccc3c(c2)CCCC3)CCCC1. The van der Waals surface area contributed by atoms with Gasteiger partial charge in [-0.1, -0.05) is 38.0 Å². The summed E-state index contributed by atoms with van der Waals surface area (Å²) < 4.78 is 0. The van der Waals surface area contributed by atoms with E-state index >= 15 is 0 Å². The molecule has 98 valence electrons. The van der Waals surface area contributed by atoms with E-state index in [-0.39, 0.29) is 6.04 Å². The zero-order valence-electron chi connectivity index (χ0n) is 11.5. The molecule has 2 N–H and O–H groups in total. The van der Waals surface area contributed by atoms with Crippen LogP contribution in [-0.4, -0.2) is 0 Å². The van der Waals surface area contributed by atoms with Gasteiger partial charge in [-0.3, -0.25) is 0 Å². The van der Waals surface area contributed by atoms with Crippen LogP contribution in [-0.2, 0) is 12.8 Å². The van der Waals surface area contributed by atoms with Crippen molar-refractivity contribution in [2.24, 2.45) is 11.1 Å². The smallest absolute Gasteiger partial charge is 0.0349 e. The van der Waals surface area contributed by atoms with Gasteiger partial charge in [-0.25, -0.2) is 0 Å². The van der Waals surface area contributed by atoms with Crippen LogP contribution in [0.4, 0.5) is 0 Å². The van der Waals surface area contributed by atoms with E-state index in [0.29, 0.717) is 5.41 Å². The molecule has 1 fully saturated rings. The number of hydrogen-bond acceptors (Lipinski definition) is 1. The standard InChI is InChI=1S/C17H25N/c1-17(10-4-5-11-17)16(18)15-9-8-13-6-2-3-7-14(13)12-15/h8-9,12,16H,2-7,10-11,18H2,1H3. The minimum atomic E-state index is 0.229. The van der Waals surface area contributed by atoms with Crippen LogP contribution in [0.3, 0.4) is 0 Å². The molecule has 0 amide bonds. The highest BCUT2D eigenvalue weighted by Crippen LogP contribution is 2.46. The molecular formula is C17H25N. The highest BCUT2D eigenvalue weighted by Gasteiger charge is 2.35. The van der Waals surface area contributed by atoms with Crippen LogP contribution in [0.2, 0.25) is 0 Å². The lowest BCUT2D eigenvalue weighted by Gasteiger charge is -2.32. The van der Waals surface area contributed by atoms with E-state index in [1.165, 1.54) is 56.9 Å². The average molecular weight is 243 g/mol. The molecule has 0 saturated heterocycles. The molecule has 18 heavy (non-hydrogen) atoms. The largest absolute Gasteiger partial charge is 0.323 e. The highest BCUT2D eigenvalue weighted by atomic mass is 14.7. The molecule has 1 aromatic carbocycles. The summed E-state index contributed by atoms with van der Waals surface area (Å²) in [6.07, 6.45) is 10.5. The van der Waals surface area contributed by atoms with Crippen LogP contribution in [0.5, 0.6) is 0 Å². The first-order chi connectivity index (χ1) is 8.69. The minimum absolute atomic E-state index is 0.229. The fourth-order valence-corrected chi connectivity index (χ4v) is 3.84. The topological polar surface area (TPSA) is 26.0 Å². The molecule has 1 saturated carbocycles. The Morgan fingerprint density at radius 2 is 1.67 bits per heavy atom. The third-order valence-electron chi connectivity index (χ3n) is 5.23. The van der Waals surface area contributed by atoms with Crippen molar-refractivity contribution in [3.05, 3.63) is 34.9 Å². The van der Waals surface area contributed by atoms with E-state index in [4.69, 9.17) is 5.73 Å². The zero-order chi connectivity index (χ0) is 12.6. The molecule has 1 nitrogen and oxygen atoms in total. The second kappa shape index (κ2) is 4.70. The van der Waals surface area contributed by atoms with E-state index in [1.807, 2.05) is 0 Å². The van der Waals surface area contributed by atoms with Crippen molar-refractivity contribution in [3.63, 3.8) is 0 Å². The second-order valence-corrected chi connectivity index (χ2v) is 6.57. The fourth-order valence-electron chi connectivity index (χ4n) is 3.84. The average Bonchev–Trinajstić information content (AvgIpc) is 2.85. The van der Waals surface area contributed by atoms with Crippen molar-refractivity contribution in [3.8, 4) is 0 Å². The summed E-state index contributed by atoms with van der Waals surface area (Å²) in [6, 6.07) is 7.26. The Bertz CT molecular complexity index is 429. The Labute approximate surface area is 111 Å². The molecule has 0 radical (unpaired) electrons. The summed E-state index contributed by atoms with van der Waals surface area (Å²) in [6.45, 7) is 2.38. The van der Waals surface area contributed by atoms with Gasteiger partial charge in [-0.2, -0.15) is 0 Å². The van der Waals surface area contributed by atoms with E-state index in [2.05, 4.69) is 25.1 Å². The van der Waals surface area contributed by atoms with E-state index in [9.17, 15) is 0 Å². The number of aryl methyl sites for hydroxylation is 2. The number of fused-ring (bicyclic) bond motifs is 1. The van der Waals surface area contributed by atoms with E-state index < -0.39 is 0 Å². The van der Waals surface area contributed by atoms with Crippen LogP contribution < -0.4 is 5.73 Å². The summed E-state index contributed by atoms with van der Waals surface area (Å²) in [4.78, 5) is 0. The van der Waals surface area contributed by atoms with Gasteiger partial charge < -0.3 is 5.73 Å². The third kappa shape index (κ3) is 2.09. The van der Waals surface area contributed by atoms with Gasteiger partial charge in [-0.05, 0) is 60.6 Å². The molecule has 1 atom stereocenters. The zero-order valence-corrected chi connectivity index (χ0v) is 11.5. The van der Waals surface area contributed by atoms with Gasteiger partial charge in [0.05, 0.1) is 0 Å². The number of benzene rings is 1. The second-order valence-electron chi connectivity index (χ2n) is 6.57. The van der Waals surface area contributed by atoms with Gasteiger partial charge in [0.1, 0.15) is 0 Å². The number of rotatable bonds is 2. The first-order valence-corrected chi connectivity index (χ1v) is 7.56. The highest BCUT2D eigenvalue weighted by molar-refractivity contribution is 5.35. The van der Waals surface area contributed by atoms with Crippen LogP contribution >= 0.6 is 0 Å². The van der Waals surface area contributed by atoms with Crippen LogP contribution in [0.15, 0.2) is 18.2 Å². The van der Waals surface area contributed by atoms with Crippen molar-refractivity contribution in [2.45, 2.75) is 64.3 Å². The minimum Gasteiger partial charge on any atom is -0.323 e. The Hall–Kier alpha value is -0.820. The molecule has 0 bridgehead atoms. The van der Waals surface area contributed by atoms with Gasteiger partial charge >= 0.3 is 0 Å². The molecule has 0 aliphatic heterocycles. The lowest BCUT2D eigenvalue weighted by atomic mass is 9.76. The lowest BCUT2D eigenvalue weighted by molar-refractivity contribution is 0.265. The maximum Gasteiger partial charge on any atom is 0.0349 e. The van der Waals surface area contributed by atoms with Crippen molar-refractivity contribution in [1.82, 2.24) is 0 Å². The molecule has 0 spiro atoms. The van der Waals surface area contributed by atoms with E-state index in [0.717, 1.165) is 0 Å². The van der Waals surface area contributed by atoms with Crippen molar-refractivity contribution in [2.75, 3.05) is 0 Å². The van der Waals surface area contributed by atoms with Gasteiger partial charge in [0.25, 0.3) is 0 Å². The fraction of sp³-hybridized carbons (Fsp3) is 0.647. The lowest BCUT2D eigenvalue weighted by Crippen LogP contribution is -2.29. The Balaban J connectivity index is 1.87. The molecule has 3 rings (SSSR count). The summed E-state index contributed by atoms with van der Waals surface area (Å²) in [5.74, 6) is 0.